The number of nitrogens with zero attached hydrogens (tertiary/aromatic N) is 1. The fourth-order valence-electron chi connectivity index (χ4n) is 6.65. The predicted molar refractivity (Wildman–Crippen MR) is 148 cm³/mol. The third-order valence-corrected chi connectivity index (χ3v) is 10.1. The molecule has 0 saturated carbocycles. The largest absolute Gasteiger partial charge is 0.466 e. The Morgan fingerprint density at radius 3 is 2.13 bits per heavy atom. The summed E-state index contributed by atoms with van der Waals surface area (Å²) in [6.45, 7) is 3.10. The topological polar surface area (TPSA) is 85.4 Å². The number of ether oxygens (including phenoxy) is 3. The minimum absolute atomic E-state index is 0.164. The molecule has 1 N–H and O–H groups in total. The lowest BCUT2D eigenvalue weighted by Gasteiger charge is -2.48. The van der Waals surface area contributed by atoms with Crippen LogP contribution in [0.4, 0.5) is 0 Å². The van der Waals surface area contributed by atoms with Gasteiger partial charge in [-0.25, -0.2) is 4.79 Å². The Hall–Kier alpha value is -2.56. The molecule has 9 heteroatoms. The molecule has 0 spiro atoms. The number of fused-ring (bicyclic) bond motifs is 5. The Morgan fingerprint density at radius 2 is 1.59 bits per heavy atom. The smallest absolute Gasteiger partial charge is 0.348 e. The van der Waals surface area contributed by atoms with Crippen molar-refractivity contribution in [3.63, 3.8) is 0 Å². The van der Waals surface area contributed by atoms with E-state index in [1.165, 1.54) is 28.2 Å². The van der Waals surface area contributed by atoms with E-state index in [9.17, 15) is 14.7 Å². The monoisotopic (exact) mass is 568 g/mol. The van der Waals surface area contributed by atoms with Crippen LogP contribution >= 0.6 is 22.7 Å². The first kappa shape index (κ1) is 26.7. The Bertz CT molecular complexity index is 1250. The summed E-state index contributed by atoms with van der Waals surface area (Å²) >= 11 is 2.89. The first-order chi connectivity index (χ1) is 18.8. The van der Waals surface area contributed by atoms with E-state index in [1.54, 1.807) is 12.1 Å². The number of carbonyl (C=O) groups is 2. The number of thiophene rings is 2. The van der Waals surface area contributed by atoms with Crippen LogP contribution in [0.3, 0.4) is 0 Å². The van der Waals surface area contributed by atoms with E-state index in [-0.39, 0.29) is 36.4 Å². The molecular formula is C30H34NO6S2+. The van der Waals surface area contributed by atoms with E-state index in [1.807, 2.05) is 28.4 Å². The summed E-state index contributed by atoms with van der Waals surface area (Å²) in [5.74, 6) is -0.768. The van der Waals surface area contributed by atoms with Crippen molar-refractivity contribution >= 4 is 34.6 Å². The van der Waals surface area contributed by atoms with Crippen LogP contribution in [0, 0.1) is 0 Å². The van der Waals surface area contributed by atoms with E-state index in [0.29, 0.717) is 43.4 Å². The van der Waals surface area contributed by atoms with Crippen LogP contribution in [0.15, 0.2) is 57.9 Å². The van der Waals surface area contributed by atoms with Crippen molar-refractivity contribution in [1.29, 1.82) is 0 Å². The molecule has 3 aliphatic heterocycles. The van der Waals surface area contributed by atoms with Crippen LogP contribution in [0.5, 0.6) is 0 Å². The second-order valence-corrected chi connectivity index (χ2v) is 12.6. The summed E-state index contributed by atoms with van der Waals surface area (Å²) in [7, 11) is 2.30. The molecule has 2 aromatic heterocycles. The molecule has 2 bridgehead atoms. The Balaban J connectivity index is 1.13. The predicted octanol–water partition coefficient (Wildman–Crippen LogP) is 4.41. The highest BCUT2D eigenvalue weighted by molar-refractivity contribution is 7.08. The molecule has 3 aliphatic rings. The van der Waals surface area contributed by atoms with E-state index in [4.69, 9.17) is 14.2 Å². The average molecular weight is 569 g/mol. The summed E-state index contributed by atoms with van der Waals surface area (Å²) in [5.41, 5.74) is 1.66. The van der Waals surface area contributed by atoms with Gasteiger partial charge in [0.15, 0.2) is 0 Å². The van der Waals surface area contributed by atoms with Gasteiger partial charge in [0.25, 0.3) is 0 Å². The zero-order valence-electron chi connectivity index (χ0n) is 22.2. The van der Waals surface area contributed by atoms with Crippen molar-refractivity contribution in [2.24, 2.45) is 0 Å². The molecule has 0 amide bonds. The number of aliphatic hydroxyl groups is 1. The third kappa shape index (κ3) is 4.85. The van der Waals surface area contributed by atoms with Gasteiger partial charge in [0.05, 0.1) is 13.7 Å². The number of carbonyl (C=O) groups excluding carboxylic acids is 2. The van der Waals surface area contributed by atoms with E-state index >= 15 is 0 Å². The maximum absolute atomic E-state index is 13.5. The van der Waals surface area contributed by atoms with Crippen LogP contribution in [-0.2, 0) is 42.4 Å². The van der Waals surface area contributed by atoms with E-state index in [2.05, 4.69) is 31.3 Å². The third-order valence-electron chi connectivity index (χ3n) is 8.76. The van der Waals surface area contributed by atoms with Gasteiger partial charge in [0, 0.05) is 36.0 Å². The molecule has 6 rings (SSSR count). The molecular weight excluding hydrogens is 534 g/mol. The molecule has 0 aliphatic carbocycles. The van der Waals surface area contributed by atoms with Crippen molar-refractivity contribution in [2.75, 3.05) is 13.7 Å². The van der Waals surface area contributed by atoms with Crippen molar-refractivity contribution < 1.29 is 33.4 Å². The zero-order chi connectivity index (χ0) is 27.2. The zero-order valence-corrected chi connectivity index (χ0v) is 23.8. The Labute approximate surface area is 236 Å². The van der Waals surface area contributed by atoms with Gasteiger partial charge in [-0.1, -0.05) is 24.3 Å². The fourth-order valence-corrected chi connectivity index (χ4v) is 8.05. The number of rotatable bonds is 10. The molecule has 39 heavy (non-hydrogen) atoms. The SMILES string of the molecule is CCOC(=O)CCc1ccc(C[N+]2(C)[C@@H]3CC(OC(=O)C(O)(c4ccsc4)c4ccsc4)C[C@H]2[C@@H]2O[C@@H]23)cc1. The van der Waals surface area contributed by atoms with Gasteiger partial charge in [-0.3, -0.25) is 4.79 Å². The number of morpholine rings is 1. The van der Waals surface area contributed by atoms with Crippen molar-refractivity contribution in [3.05, 3.63) is 80.2 Å². The van der Waals surface area contributed by atoms with Gasteiger partial charge in [-0.15, -0.1) is 0 Å². The van der Waals surface area contributed by atoms with Crippen molar-refractivity contribution in [1.82, 2.24) is 0 Å². The maximum atomic E-state index is 13.5. The highest BCUT2D eigenvalue weighted by Gasteiger charge is 2.72. The molecule has 2 unspecified atom stereocenters. The maximum Gasteiger partial charge on any atom is 0.348 e. The molecule has 3 aromatic rings. The lowest BCUT2D eigenvalue weighted by Crippen LogP contribution is -2.62. The van der Waals surface area contributed by atoms with Crippen molar-refractivity contribution in [2.45, 2.75) is 75.1 Å². The molecule has 3 fully saturated rings. The molecule has 0 radical (unpaired) electrons. The second-order valence-electron chi connectivity index (χ2n) is 11.1. The van der Waals surface area contributed by atoms with Gasteiger partial charge in [0.1, 0.15) is 36.9 Å². The number of hydrogen-bond acceptors (Lipinski definition) is 8. The van der Waals surface area contributed by atoms with Crippen molar-refractivity contribution in [3.8, 4) is 0 Å². The first-order valence-corrected chi connectivity index (χ1v) is 15.4. The number of quaternary nitrogens is 1. The summed E-state index contributed by atoms with van der Waals surface area (Å²) < 4.78 is 18.0. The Morgan fingerprint density at radius 1 is 1.00 bits per heavy atom. The minimum atomic E-state index is -1.80. The number of likely N-dealkylation sites (N-methyl/N-ethyl adjacent to an activating group) is 1. The lowest BCUT2D eigenvalue weighted by molar-refractivity contribution is -0.968. The van der Waals surface area contributed by atoms with Crippen LogP contribution < -0.4 is 0 Å². The highest BCUT2D eigenvalue weighted by Crippen LogP contribution is 2.53. The summed E-state index contributed by atoms with van der Waals surface area (Å²) in [4.78, 5) is 25.2. The van der Waals surface area contributed by atoms with Gasteiger partial charge in [0.2, 0.25) is 5.60 Å². The van der Waals surface area contributed by atoms with Crippen LogP contribution in [0.2, 0.25) is 0 Å². The second kappa shape index (κ2) is 10.4. The molecule has 3 saturated heterocycles. The molecule has 1 aromatic carbocycles. The number of aryl methyl sites for hydroxylation is 1. The molecule has 5 heterocycles. The van der Waals surface area contributed by atoms with E-state index in [0.717, 1.165) is 16.6 Å². The number of esters is 2. The minimum Gasteiger partial charge on any atom is -0.466 e. The number of hydrogen-bond donors (Lipinski definition) is 1. The molecule has 206 valence electrons. The van der Waals surface area contributed by atoms with Gasteiger partial charge >= 0.3 is 11.9 Å². The first-order valence-electron chi connectivity index (χ1n) is 13.6. The summed E-state index contributed by atoms with van der Waals surface area (Å²) in [6, 6.07) is 12.5. The number of epoxide rings is 1. The lowest BCUT2D eigenvalue weighted by atomic mass is 9.89. The number of piperidine rings is 1. The van der Waals surface area contributed by atoms with Gasteiger partial charge in [-0.2, -0.15) is 22.7 Å². The quantitative estimate of drug-likeness (QED) is 0.222. The Kier molecular flexibility index (Phi) is 7.14. The normalized spacial score (nSPS) is 29.1. The fraction of sp³-hybridized carbons (Fsp3) is 0.467. The van der Waals surface area contributed by atoms with Crippen LogP contribution in [0.1, 0.15) is 48.4 Å². The van der Waals surface area contributed by atoms with Gasteiger partial charge in [-0.05, 0) is 52.6 Å². The highest BCUT2D eigenvalue weighted by atomic mass is 32.1. The molecule has 7 nitrogen and oxygen atoms in total. The number of benzene rings is 1. The average Bonchev–Trinajstić information content (AvgIpc) is 3.25. The molecule has 6 atom stereocenters. The standard InChI is InChI=1S/C30H34NO6S2/c1-3-35-26(32)9-8-19-4-6-20(7-5-19)16-31(2)24-14-23(15-25(31)28-27(24)37-28)36-29(33)30(34,21-10-12-38-17-21)22-11-13-39-18-22/h4-7,10-13,17-18,23-25,27-28,34H,3,8-9,14-16H2,1-2H3/q+1/t23?,24-,25+,27-,28+,31?. The van der Waals surface area contributed by atoms with Gasteiger partial charge < -0.3 is 23.8 Å². The van der Waals surface area contributed by atoms with E-state index < -0.39 is 11.6 Å². The van der Waals surface area contributed by atoms with Crippen LogP contribution in [-0.4, -0.2) is 65.6 Å². The van der Waals surface area contributed by atoms with Crippen LogP contribution in [0.25, 0.3) is 0 Å². The summed E-state index contributed by atoms with van der Waals surface area (Å²) in [6.07, 6.45) is 2.61. The summed E-state index contributed by atoms with van der Waals surface area (Å²) in [5, 5.41) is 19.0.